The van der Waals surface area contributed by atoms with E-state index in [1.54, 1.807) is 30.1 Å². The summed E-state index contributed by atoms with van der Waals surface area (Å²) in [6, 6.07) is 5.17. The standard InChI is InChI=1S/C12H16N2O2/c1-14(8-4-2-5-8)12(16)9-6-3-7-10(13)11(9)15/h3,6-8,15H,2,4-5,13H2,1H3. The van der Waals surface area contributed by atoms with Gasteiger partial charge in [0, 0.05) is 13.1 Å². The fourth-order valence-electron chi connectivity index (χ4n) is 1.86. The molecule has 0 heterocycles. The van der Waals surface area contributed by atoms with Crippen molar-refractivity contribution < 1.29 is 9.90 Å². The second-order valence-electron chi connectivity index (χ2n) is 4.24. The number of nitrogen functional groups attached to an aromatic ring is 1. The smallest absolute Gasteiger partial charge is 0.257 e. The van der Waals surface area contributed by atoms with E-state index >= 15 is 0 Å². The van der Waals surface area contributed by atoms with Crippen LogP contribution in [-0.2, 0) is 0 Å². The largest absolute Gasteiger partial charge is 0.505 e. The molecule has 0 aromatic heterocycles. The molecule has 0 spiro atoms. The maximum absolute atomic E-state index is 12.1. The number of benzene rings is 1. The van der Waals surface area contributed by atoms with Gasteiger partial charge in [0.05, 0.1) is 11.3 Å². The number of rotatable bonds is 2. The number of hydrogen-bond acceptors (Lipinski definition) is 3. The van der Waals surface area contributed by atoms with E-state index in [4.69, 9.17) is 5.73 Å². The molecule has 1 aromatic carbocycles. The van der Waals surface area contributed by atoms with Crippen molar-refractivity contribution in [2.75, 3.05) is 12.8 Å². The third-order valence-corrected chi connectivity index (χ3v) is 3.24. The molecule has 1 amide bonds. The molecule has 0 atom stereocenters. The Labute approximate surface area is 94.7 Å². The number of nitrogens with two attached hydrogens (primary N) is 1. The van der Waals surface area contributed by atoms with E-state index in [1.807, 2.05) is 0 Å². The lowest BCUT2D eigenvalue weighted by atomic mass is 9.91. The third kappa shape index (κ3) is 1.71. The zero-order valence-corrected chi connectivity index (χ0v) is 9.31. The van der Waals surface area contributed by atoms with E-state index in [0.717, 1.165) is 12.8 Å². The Hall–Kier alpha value is -1.71. The molecule has 1 saturated carbocycles. The number of anilines is 1. The summed E-state index contributed by atoms with van der Waals surface area (Å²) >= 11 is 0. The Bertz CT molecular complexity index is 413. The molecule has 0 aliphatic heterocycles. The van der Waals surface area contributed by atoms with Gasteiger partial charge >= 0.3 is 0 Å². The van der Waals surface area contributed by atoms with Gasteiger partial charge in [0.2, 0.25) is 0 Å². The molecular weight excluding hydrogens is 204 g/mol. The molecule has 0 saturated heterocycles. The van der Waals surface area contributed by atoms with Crippen LogP contribution in [0.1, 0.15) is 29.6 Å². The monoisotopic (exact) mass is 220 g/mol. The molecule has 0 radical (unpaired) electrons. The van der Waals surface area contributed by atoms with E-state index < -0.39 is 0 Å². The maximum Gasteiger partial charge on any atom is 0.257 e. The number of phenols is 1. The lowest BCUT2D eigenvalue weighted by Crippen LogP contribution is -2.41. The molecule has 1 aliphatic carbocycles. The van der Waals surface area contributed by atoms with E-state index in [0.29, 0.717) is 6.04 Å². The molecule has 4 nitrogen and oxygen atoms in total. The van der Waals surface area contributed by atoms with Crippen LogP contribution < -0.4 is 5.73 Å². The van der Waals surface area contributed by atoms with Gasteiger partial charge in [0.25, 0.3) is 5.91 Å². The SMILES string of the molecule is CN(C(=O)c1cccc(N)c1O)C1CCC1. The number of hydrogen-bond donors (Lipinski definition) is 2. The van der Waals surface area contributed by atoms with Gasteiger partial charge in [0.15, 0.2) is 5.75 Å². The summed E-state index contributed by atoms with van der Waals surface area (Å²) < 4.78 is 0. The number of aromatic hydroxyl groups is 1. The van der Waals surface area contributed by atoms with Gasteiger partial charge in [-0.2, -0.15) is 0 Å². The number of carbonyl (C=O) groups is 1. The van der Waals surface area contributed by atoms with Gasteiger partial charge < -0.3 is 15.7 Å². The number of phenolic OH excluding ortho intramolecular Hbond substituents is 1. The number of carbonyl (C=O) groups excluding carboxylic acids is 1. The lowest BCUT2D eigenvalue weighted by Gasteiger charge is -2.34. The van der Waals surface area contributed by atoms with Crippen LogP contribution in [-0.4, -0.2) is 29.0 Å². The summed E-state index contributed by atoms with van der Waals surface area (Å²) in [6.45, 7) is 0. The normalized spacial score (nSPS) is 15.6. The molecule has 0 bridgehead atoms. The van der Waals surface area contributed by atoms with Crippen LogP contribution in [0.15, 0.2) is 18.2 Å². The van der Waals surface area contributed by atoms with E-state index in [2.05, 4.69) is 0 Å². The minimum atomic E-state index is -0.158. The van der Waals surface area contributed by atoms with E-state index in [1.165, 1.54) is 6.42 Å². The quantitative estimate of drug-likeness (QED) is 0.587. The van der Waals surface area contributed by atoms with Crippen molar-refractivity contribution in [1.29, 1.82) is 0 Å². The van der Waals surface area contributed by atoms with Crippen LogP contribution in [0, 0.1) is 0 Å². The highest BCUT2D eigenvalue weighted by molar-refractivity contribution is 5.98. The first-order valence-corrected chi connectivity index (χ1v) is 5.46. The van der Waals surface area contributed by atoms with Crippen molar-refractivity contribution in [2.24, 2.45) is 0 Å². The number of para-hydroxylation sites is 1. The van der Waals surface area contributed by atoms with Crippen LogP contribution in [0.25, 0.3) is 0 Å². The summed E-state index contributed by atoms with van der Waals surface area (Å²) in [5, 5.41) is 9.72. The first-order chi connectivity index (χ1) is 7.61. The molecule has 1 aliphatic rings. The van der Waals surface area contributed by atoms with Gasteiger partial charge in [0.1, 0.15) is 0 Å². The zero-order valence-electron chi connectivity index (χ0n) is 9.31. The van der Waals surface area contributed by atoms with Gasteiger partial charge in [-0.15, -0.1) is 0 Å². The maximum atomic E-state index is 12.1. The Kier molecular flexibility index (Phi) is 2.73. The molecule has 4 heteroatoms. The summed E-state index contributed by atoms with van der Waals surface area (Å²) in [5.74, 6) is -0.270. The van der Waals surface area contributed by atoms with Crippen LogP contribution in [0.4, 0.5) is 5.69 Å². The highest BCUT2D eigenvalue weighted by Crippen LogP contribution is 2.29. The van der Waals surface area contributed by atoms with Crippen molar-refractivity contribution in [3.63, 3.8) is 0 Å². The van der Waals surface area contributed by atoms with Crippen molar-refractivity contribution in [3.05, 3.63) is 23.8 Å². The van der Waals surface area contributed by atoms with E-state index in [-0.39, 0.29) is 22.9 Å². The fraction of sp³-hybridized carbons (Fsp3) is 0.417. The fourth-order valence-corrected chi connectivity index (χ4v) is 1.86. The lowest BCUT2D eigenvalue weighted by molar-refractivity contribution is 0.0649. The minimum Gasteiger partial charge on any atom is -0.505 e. The number of amides is 1. The van der Waals surface area contributed by atoms with Gasteiger partial charge in [-0.05, 0) is 31.4 Å². The van der Waals surface area contributed by atoms with E-state index in [9.17, 15) is 9.90 Å². The van der Waals surface area contributed by atoms with Crippen LogP contribution in [0.2, 0.25) is 0 Å². The zero-order chi connectivity index (χ0) is 11.7. The second-order valence-corrected chi connectivity index (χ2v) is 4.24. The Balaban J connectivity index is 2.22. The minimum absolute atomic E-state index is 0.112. The molecule has 86 valence electrons. The predicted octanol–water partition coefficient (Wildman–Crippen LogP) is 1.60. The Morgan fingerprint density at radius 2 is 2.19 bits per heavy atom. The van der Waals surface area contributed by atoms with Crippen LogP contribution >= 0.6 is 0 Å². The van der Waals surface area contributed by atoms with Gasteiger partial charge in [-0.25, -0.2) is 0 Å². The molecule has 0 unspecified atom stereocenters. The summed E-state index contributed by atoms with van der Waals surface area (Å²) in [6.07, 6.45) is 3.27. The summed E-state index contributed by atoms with van der Waals surface area (Å²) in [5.41, 5.74) is 6.09. The average Bonchev–Trinajstić information content (AvgIpc) is 2.18. The van der Waals surface area contributed by atoms with Gasteiger partial charge in [-0.1, -0.05) is 6.07 Å². The van der Waals surface area contributed by atoms with Crippen LogP contribution in [0.5, 0.6) is 5.75 Å². The Morgan fingerprint density at radius 1 is 1.50 bits per heavy atom. The highest BCUT2D eigenvalue weighted by atomic mass is 16.3. The second kappa shape index (κ2) is 4.04. The molecule has 2 rings (SSSR count). The van der Waals surface area contributed by atoms with Crippen molar-refractivity contribution in [2.45, 2.75) is 25.3 Å². The Morgan fingerprint density at radius 3 is 2.75 bits per heavy atom. The first-order valence-electron chi connectivity index (χ1n) is 5.46. The average molecular weight is 220 g/mol. The van der Waals surface area contributed by atoms with Gasteiger partial charge in [-0.3, -0.25) is 4.79 Å². The summed E-state index contributed by atoms with van der Waals surface area (Å²) in [7, 11) is 1.77. The number of nitrogens with zero attached hydrogens (tertiary/aromatic N) is 1. The van der Waals surface area contributed by atoms with Crippen LogP contribution in [0.3, 0.4) is 0 Å². The molecule has 1 fully saturated rings. The van der Waals surface area contributed by atoms with Crippen molar-refractivity contribution in [3.8, 4) is 5.75 Å². The molecule has 3 N–H and O–H groups in total. The first kappa shape index (κ1) is 10.8. The van der Waals surface area contributed by atoms with Crippen molar-refractivity contribution >= 4 is 11.6 Å². The van der Waals surface area contributed by atoms with Crippen molar-refractivity contribution in [1.82, 2.24) is 4.90 Å². The topological polar surface area (TPSA) is 66.6 Å². The molecular formula is C12H16N2O2. The predicted molar refractivity (Wildman–Crippen MR) is 62.3 cm³/mol. The summed E-state index contributed by atoms with van der Waals surface area (Å²) in [4.78, 5) is 13.8. The third-order valence-electron chi connectivity index (χ3n) is 3.24. The molecule has 16 heavy (non-hydrogen) atoms. The highest BCUT2D eigenvalue weighted by Gasteiger charge is 2.27. The molecule has 1 aromatic rings.